The maximum atomic E-state index is 12.7. The van der Waals surface area contributed by atoms with Crippen molar-refractivity contribution in [2.75, 3.05) is 19.8 Å². The van der Waals surface area contributed by atoms with E-state index in [4.69, 9.17) is 29.0 Å². The molecule has 0 radical (unpaired) electrons. The number of amides is 1. The van der Waals surface area contributed by atoms with Gasteiger partial charge in [-0.15, -0.1) is 5.10 Å². The number of carboxylic acid groups (broad SMARTS) is 1. The highest BCUT2D eigenvalue weighted by Crippen LogP contribution is 2.29. The average molecular weight is 530 g/mol. The molecule has 0 saturated heterocycles. The lowest BCUT2D eigenvalue weighted by Gasteiger charge is -2.18. The van der Waals surface area contributed by atoms with Crippen LogP contribution in [0.3, 0.4) is 0 Å². The summed E-state index contributed by atoms with van der Waals surface area (Å²) < 4.78 is 12.3. The highest BCUT2D eigenvalue weighted by atomic mass is 35.5. The molecule has 0 aliphatic carbocycles. The number of hydrogen-bond donors (Lipinski definition) is 7. The summed E-state index contributed by atoms with van der Waals surface area (Å²) in [4.78, 5) is 24.3. The van der Waals surface area contributed by atoms with Crippen LogP contribution in [0.5, 0.6) is 5.75 Å². The fourth-order valence-electron chi connectivity index (χ4n) is 3.14. The third-order valence-electron chi connectivity index (χ3n) is 4.88. The first-order chi connectivity index (χ1) is 16.7. The number of aryl methyl sites for hydroxylation is 1. The van der Waals surface area contributed by atoms with Gasteiger partial charge >= 0.3 is 5.97 Å². The summed E-state index contributed by atoms with van der Waals surface area (Å²) in [6, 6.07) is 7.88. The number of carbonyl (C=O) groups is 2. The van der Waals surface area contributed by atoms with Gasteiger partial charge in [0, 0.05) is 13.1 Å². The number of phenols is 1. The predicted molar refractivity (Wildman–Crippen MR) is 130 cm³/mol. The van der Waals surface area contributed by atoms with Gasteiger partial charge in [0.05, 0.1) is 21.7 Å². The largest absolute Gasteiger partial charge is 0.508 e. The molecule has 1 amide bonds. The third kappa shape index (κ3) is 8.46. The van der Waals surface area contributed by atoms with Gasteiger partial charge in [-0.3, -0.25) is 4.79 Å². The molecule has 2 aromatic rings. The van der Waals surface area contributed by atoms with E-state index in [1.54, 1.807) is 12.1 Å². The quantitative estimate of drug-likeness (QED) is 0.100. The van der Waals surface area contributed by atoms with Crippen molar-refractivity contribution in [2.24, 2.45) is 10.9 Å². The Labute approximate surface area is 210 Å². The van der Waals surface area contributed by atoms with Crippen molar-refractivity contribution in [3.63, 3.8) is 0 Å². The molecule has 2 rings (SSSR count). The smallest absolute Gasteiger partial charge is 0.328 e. The maximum Gasteiger partial charge on any atom is 0.328 e. The number of hydrogen-bond acceptors (Lipinski definition) is 6. The number of nitrogens with zero attached hydrogens (tertiary/aromatic N) is 1. The van der Waals surface area contributed by atoms with Crippen LogP contribution in [-0.4, -0.2) is 59.0 Å². The van der Waals surface area contributed by atoms with Gasteiger partial charge in [-0.05, 0) is 48.2 Å². The Balaban J connectivity index is 2.05. The van der Waals surface area contributed by atoms with E-state index in [0.717, 1.165) is 0 Å². The summed E-state index contributed by atoms with van der Waals surface area (Å²) in [5.41, 5.74) is 1.09. The van der Waals surface area contributed by atoms with Crippen LogP contribution in [0.2, 0.25) is 10.0 Å². The number of aromatic hydroxyl groups is 1. The van der Waals surface area contributed by atoms with Gasteiger partial charge in [-0.2, -0.15) is 0 Å². The lowest BCUT2D eigenvalue weighted by Crippen LogP contribution is -2.51. The molecular formula is C22H26Cl2FN5O5. The van der Waals surface area contributed by atoms with Gasteiger partial charge in [0.1, 0.15) is 18.5 Å². The molecule has 1 unspecified atom stereocenters. The van der Waals surface area contributed by atoms with E-state index in [0.29, 0.717) is 24.0 Å². The van der Waals surface area contributed by atoms with Gasteiger partial charge in [-0.1, -0.05) is 35.3 Å². The van der Waals surface area contributed by atoms with Crippen LogP contribution in [-0.2, 0) is 11.2 Å². The summed E-state index contributed by atoms with van der Waals surface area (Å²) in [7, 11) is 0. The fraction of sp³-hybridized carbons (Fsp3) is 0.318. The second-order valence-electron chi connectivity index (χ2n) is 7.42. The lowest BCUT2D eigenvalue weighted by molar-refractivity contribution is -0.139. The van der Waals surface area contributed by atoms with Crippen LogP contribution in [0.1, 0.15) is 34.0 Å². The van der Waals surface area contributed by atoms with Gasteiger partial charge in [-0.25, -0.2) is 9.18 Å². The lowest BCUT2D eigenvalue weighted by atomic mass is 10.00. The first-order valence-corrected chi connectivity index (χ1v) is 11.2. The van der Waals surface area contributed by atoms with Crippen LogP contribution in [0.4, 0.5) is 4.39 Å². The molecule has 2 atom stereocenters. The van der Waals surface area contributed by atoms with Crippen LogP contribution < -0.4 is 21.8 Å². The standard InChI is InChI=1S/C22H26Cl2FN5O5/c23-15-8-12(4-5-18(32)13-2-1-3-14(31)10-13)9-16(24)19(15)20(33)29-17(21(34)35)11-28-22(30-26)27-7-6-25/h1-3,8-10,17-18,31-32H,4-7,11,26H2,(H,29,33)(H,34,35)(H2,27,28,30)/t17-,18?/m0/s1. The first kappa shape index (κ1) is 28.0. The van der Waals surface area contributed by atoms with Crippen LogP contribution in [0.15, 0.2) is 41.5 Å². The molecule has 0 spiro atoms. The number of benzene rings is 2. The molecule has 0 aliphatic rings. The van der Waals surface area contributed by atoms with Crippen LogP contribution >= 0.6 is 23.2 Å². The number of nitrogens with two attached hydrogens (primary N) is 1. The Morgan fingerprint density at radius 2 is 1.83 bits per heavy atom. The van der Waals surface area contributed by atoms with Crippen molar-refractivity contribution in [3.05, 3.63) is 63.1 Å². The van der Waals surface area contributed by atoms with Crippen molar-refractivity contribution in [1.82, 2.24) is 16.0 Å². The number of aliphatic hydroxyl groups excluding tert-OH is 1. The van der Waals surface area contributed by atoms with Crippen molar-refractivity contribution >= 4 is 41.0 Å². The van der Waals surface area contributed by atoms with Crippen molar-refractivity contribution in [2.45, 2.75) is 25.0 Å². The van der Waals surface area contributed by atoms with Gasteiger partial charge in [0.15, 0.2) is 0 Å². The summed E-state index contributed by atoms with van der Waals surface area (Å²) in [6.45, 7) is -1.09. The number of aliphatic hydroxyl groups is 1. The van der Waals surface area contributed by atoms with E-state index in [2.05, 4.69) is 21.1 Å². The fourth-order valence-corrected chi connectivity index (χ4v) is 3.84. The number of guanidine groups is 1. The van der Waals surface area contributed by atoms with E-state index in [-0.39, 0.29) is 40.4 Å². The molecule has 35 heavy (non-hydrogen) atoms. The van der Waals surface area contributed by atoms with E-state index in [1.165, 1.54) is 24.3 Å². The number of aliphatic carboxylic acids is 1. The van der Waals surface area contributed by atoms with E-state index >= 15 is 0 Å². The molecule has 0 aromatic heterocycles. The molecule has 8 N–H and O–H groups in total. The summed E-state index contributed by atoms with van der Waals surface area (Å²) in [6.07, 6.45) is -0.171. The van der Waals surface area contributed by atoms with Gasteiger partial charge in [0.25, 0.3) is 5.91 Å². The number of carboxylic acids is 1. The van der Waals surface area contributed by atoms with E-state index in [1.807, 2.05) is 0 Å². The SMILES string of the molecule is N/N=C(/NCCF)NC[C@H](NC(=O)c1c(Cl)cc(CCC(O)c2cccc(O)c2)cc1Cl)C(=O)O. The Hall–Kier alpha value is -3.28. The number of nitrogens with one attached hydrogen (secondary N) is 3. The monoisotopic (exact) mass is 529 g/mol. The van der Waals surface area contributed by atoms with E-state index in [9.17, 15) is 29.3 Å². The summed E-state index contributed by atoms with van der Waals surface area (Å²) in [5.74, 6) is 2.98. The second kappa shape index (κ2) is 13.6. The van der Waals surface area contributed by atoms with Crippen LogP contribution in [0, 0.1) is 0 Å². The van der Waals surface area contributed by atoms with E-state index < -0.39 is 30.7 Å². The molecule has 2 aromatic carbocycles. The third-order valence-corrected chi connectivity index (χ3v) is 5.48. The molecular weight excluding hydrogens is 504 g/mol. The Morgan fingerprint density at radius 1 is 1.14 bits per heavy atom. The number of phenolic OH excluding ortho intramolecular Hbond substituents is 1. The van der Waals surface area contributed by atoms with Crippen molar-refractivity contribution < 1.29 is 29.3 Å². The maximum absolute atomic E-state index is 12.7. The summed E-state index contributed by atoms with van der Waals surface area (Å²) in [5, 5.41) is 40.1. The molecule has 190 valence electrons. The predicted octanol–water partition coefficient (Wildman–Crippen LogP) is 1.93. The molecule has 13 heteroatoms. The Morgan fingerprint density at radius 3 is 2.40 bits per heavy atom. The van der Waals surface area contributed by atoms with Crippen molar-refractivity contribution in [3.8, 4) is 5.75 Å². The van der Waals surface area contributed by atoms with Gasteiger partial charge < -0.3 is 37.1 Å². The second-order valence-corrected chi connectivity index (χ2v) is 8.24. The zero-order valence-electron chi connectivity index (χ0n) is 18.5. The topological polar surface area (TPSA) is 169 Å². The Bertz CT molecular complexity index is 1050. The number of hydrazone groups is 1. The summed E-state index contributed by atoms with van der Waals surface area (Å²) >= 11 is 12.5. The number of rotatable bonds is 11. The molecule has 0 saturated carbocycles. The molecule has 10 nitrogen and oxygen atoms in total. The highest BCUT2D eigenvalue weighted by molar-refractivity contribution is 6.39. The zero-order chi connectivity index (χ0) is 26.0. The number of halogens is 3. The Kier molecular flexibility index (Phi) is 10.8. The molecule has 0 fully saturated rings. The zero-order valence-corrected chi connectivity index (χ0v) is 20.0. The van der Waals surface area contributed by atoms with Crippen molar-refractivity contribution in [1.29, 1.82) is 0 Å². The number of carbonyl (C=O) groups excluding carboxylic acids is 1. The number of alkyl halides is 1. The minimum absolute atomic E-state index is 0.00256. The molecule has 0 heterocycles. The average Bonchev–Trinajstić information content (AvgIpc) is 2.81. The van der Waals surface area contributed by atoms with Gasteiger partial charge in [0.2, 0.25) is 5.96 Å². The molecule has 0 bridgehead atoms. The minimum Gasteiger partial charge on any atom is -0.508 e. The highest BCUT2D eigenvalue weighted by Gasteiger charge is 2.24. The normalized spacial score (nSPS) is 13.1. The first-order valence-electron chi connectivity index (χ1n) is 10.5. The molecule has 0 aliphatic heterocycles. The minimum atomic E-state index is -1.41. The van der Waals surface area contributed by atoms with Crippen LogP contribution in [0.25, 0.3) is 0 Å².